The van der Waals surface area contributed by atoms with Gasteiger partial charge in [0.05, 0.1) is 5.71 Å². The summed E-state index contributed by atoms with van der Waals surface area (Å²) < 4.78 is 2.36. The second-order valence-electron chi connectivity index (χ2n) is 7.69. The van der Waals surface area contributed by atoms with E-state index in [1.165, 1.54) is 45.8 Å². The highest BCUT2D eigenvalue weighted by molar-refractivity contribution is 6.03. The van der Waals surface area contributed by atoms with Crippen molar-refractivity contribution in [3.63, 3.8) is 0 Å². The maximum Gasteiger partial charge on any atom is 0.331 e. The predicted molar refractivity (Wildman–Crippen MR) is 123 cm³/mol. The van der Waals surface area contributed by atoms with Gasteiger partial charge in [0.25, 0.3) is 0 Å². The van der Waals surface area contributed by atoms with Crippen LogP contribution in [0.15, 0.2) is 59.3 Å². The van der Waals surface area contributed by atoms with Crippen molar-refractivity contribution in [3.8, 4) is 0 Å². The van der Waals surface area contributed by atoms with Crippen LogP contribution in [0.2, 0.25) is 0 Å². The Labute approximate surface area is 177 Å². The molecule has 0 bridgehead atoms. The summed E-state index contributed by atoms with van der Waals surface area (Å²) >= 11 is 0. The summed E-state index contributed by atoms with van der Waals surface area (Å²) in [6.45, 7) is 8.44. The van der Waals surface area contributed by atoms with Crippen LogP contribution in [-0.4, -0.2) is 16.2 Å². The first-order chi connectivity index (χ1) is 14.5. The summed E-state index contributed by atoms with van der Waals surface area (Å²) in [6, 6.07) is 14.8. The van der Waals surface area contributed by atoms with Gasteiger partial charge < -0.3 is 9.40 Å². The topological polar surface area (TPSA) is 43.6 Å². The van der Waals surface area contributed by atoms with Crippen LogP contribution < -0.4 is 0 Å². The lowest BCUT2D eigenvalue weighted by Crippen LogP contribution is -2.01. The normalized spacial score (nSPS) is 14.9. The molecule has 0 amide bonds. The van der Waals surface area contributed by atoms with Crippen LogP contribution in [0, 0.1) is 6.92 Å². The molecule has 0 saturated heterocycles. The minimum atomic E-state index is -0.416. The van der Waals surface area contributed by atoms with Crippen LogP contribution in [0.1, 0.15) is 48.7 Å². The van der Waals surface area contributed by atoms with E-state index < -0.39 is 5.97 Å². The van der Waals surface area contributed by atoms with Crippen molar-refractivity contribution in [2.75, 3.05) is 0 Å². The first-order valence-corrected chi connectivity index (χ1v) is 10.3. The van der Waals surface area contributed by atoms with E-state index in [0.717, 1.165) is 18.5 Å². The van der Waals surface area contributed by atoms with Gasteiger partial charge in [-0.15, -0.1) is 0 Å². The fourth-order valence-electron chi connectivity index (χ4n) is 4.07. The van der Waals surface area contributed by atoms with Crippen LogP contribution in [0.3, 0.4) is 0 Å². The minimum Gasteiger partial charge on any atom is -0.341 e. The van der Waals surface area contributed by atoms with Gasteiger partial charge in [-0.05, 0) is 66.8 Å². The number of allylic oxidation sites excluding steroid dienone is 2. The van der Waals surface area contributed by atoms with Gasteiger partial charge in [-0.1, -0.05) is 47.6 Å². The fraction of sp³-hybridized carbons (Fsp3) is 0.231. The average molecular weight is 399 g/mol. The van der Waals surface area contributed by atoms with E-state index in [0.29, 0.717) is 5.71 Å². The van der Waals surface area contributed by atoms with Gasteiger partial charge in [0.15, 0.2) is 0 Å². The van der Waals surface area contributed by atoms with Crippen LogP contribution in [-0.2, 0) is 22.6 Å². The zero-order valence-electron chi connectivity index (χ0n) is 17.9. The Morgan fingerprint density at radius 2 is 1.97 bits per heavy atom. The number of oxime groups is 1. The zero-order chi connectivity index (χ0) is 21.3. The second kappa shape index (κ2) is 8.15. The molecule has 0 N–H and O–H groups in total. The molecular formula is C26H26N2O2. The smallest absolute Gasteiger partial charge is 0.331 e. The maximum atomic E-state index is 11.1. The third-order valence-corrected chi connectivity index (χ3v) is 5.62. The first-order valence-electron chi connectivity index (χ1n) is 10.3. The predicted octanol–water partition coefficient (Wildman–Crippen LogP) is 5.91. The molecule has 152 valence electrons. The molecule has 1 heterocycles. The molecular weight excluding hydrogens is 372 g/mol. The van der Waals surface area contributed by atoms with Gasteiger partial charge in [-0.3, -0.25) is 0 Å². The van der Waals surface area contributed by atoms with Crippen molar-refractivity contribution in [2.45, 2.75) is 40.7 Å². The molecule has 1 aliphatic carbocycles. The lowest BCUT2D eigenvalue weighted by molar-refractivity contribution is -0.140. The van der Waals surface area contributed by atoms with Crippen molar-refractivity contribution >= 4 is 34.7 Å². The molecule has 0 fully saturated rings. The molecule has 4 nitrogen and oxygen atoms in total. The second-order valence-corrected chi connectivity index (χ2v) is 7.69. The van der Waals surface area contributed by atoms with Crippen LogP contribution in [0.4, 0.5) is 0 Å². The Bertz CT molecular complexity index is 1230. The van der Waals surface area contributed by atoms with Crippen molar-refractivity contribution in [3.05, 3.63) is 82.1 Å². The molecule has 0 radical (unpaired) electrons. The number of carbonyl (C=O) groups is 1. The highest BCUT2D eigenvalue weighted by atomic mass is 16.7. The van der Waals surface area contributed by atoms with E-state index in [2.05, 4.69) is 78.2 Å². The number of benzene rings is 2. The van der Waals surface area contributed by atoms with Crippen molar-refractivity contribution in [2.24, 2.45) is 5.16 Å². The van der Waals surface area contributed by atoms with Gasteiger partial charge in [0.2, 0.25) is 0 Å². The van der Waals surface area contributed by atoms with Crippen molar-refractivity contribution < 1.29 is 9.63 Å². The van der Waals surface area contributed by atoms with E-state index >= 15 is 0 Å². The SMILES string of the molecule is CCn1c2c(c3cc(C(C)=NOC(C)=O)ccc31)CC(=Cc1ccccc1C)C=C2. The zero-order valence-corrected chi connectivity index (χ0v) is 17.9. The molecule has 0 unspecified atom stereocenters. The molecule has 4 heteroatoms. The maximum absolute atomic E-state index is 11.1. The summed E-state index contributed by atoms with van der Waals surface area (Å²) in [6.07, 6.45) is 7.62. The summed E-state index contributed by atoms with van der Waals surface area (Å²) in [5.74, 6) is -0.416. The summed E-state index contributed by atoms with van der Waals surface area (Å²) in [7, 11) is 0. The Morgan fingerprint density at radius 3 is 2.70 bits per heavy atom. The van der Waals surface area contributed by atoms with E-state index in [-0.39, 0.29) is 0 Å². The standard InChI is InChI=1S/C26H26N2O2/c1-5-28-25-12-10-20(14-21-9-7-6-8-17(21)2)15-23(25)24-16-22(11-13-26(24)28)18(3)27-30-19(4)29/h6-14,16H,5,15H2,1-4H3. The molecule has 30 heavy (non-hydrogen) atoms. The van der Waals surface area contributed by atoms with Crippen LogP contribution >= 0.6 is 0 Å². The van der Waals surface area contributed by atoms with Crippen molar-refractivity contribution in [1.29, 1.82) is 0 Å². The Hall–Kier alpha value is -3.40. The number of fused-ring (bicyclic) bond motifs is 3. The number of hydrogen-bond acceptors (Lipinski definition) is 3. The number of hydrogen-bond donors (Lipinski definition) is 0. The van der Waals surface area contributed by atoms with Gasteiger partial charge in [0.1, 0.15) is 0 Å². The molecule has 1 aromatic heterocycles. The van der Waals surface area contributed by atoms with Gasteiger partial charge in [0, 0.05) is 36.5 Å². The molecule has 1 aliphatic rings. The number of carbonyl (C=O) groups excluding carboxylic acids is 1. The van der Waals surface area contributed by atoms with E-state index in [1.54, 1.807) is 0 Å². The van der Waals surface area contributed by atoms with Crippen LogP contribution in [0.25, 0.3) is 23.1 Å². The third kappa shape index (κ3) is 3.73. The highest BCUT2D eigenvalue weighted by Crippen LogP contribution is 2.34. The largest absolute Gasteiger partial charge is 0.341 e. The first kappa shape index (κ1) is 19.9. The Kier molecular flexibility index (Phi) is 5.40. The van der Waals surface area contributed by atoms with Crippen molar-refractivity contribution in [1.82, 2.24) is 4.57 Å². The van der Waals surface area contributed by atoms with Gasteiger partial charge in [-0.25, -0.2) is 4.79 Å². The molecule has 2 aromatic carbocycles. The van der Waals surface area contributed by atoms with E-state index in [1.807, 2.05) is 13.0 Å². The highest BCUT2D eigenvalue weighted by Gasteiger charge is 2.19. The van der Waals surface area contributed by atoms with Gasteiger partial charge in [-0.2, -0.15) is 0 Å². The number of aryl methyl sites for hydroxylation is 2. The summed E-state index contributed by atoms with van der Waals surface area (Å²) in [5.41, 5.74) is 9.28. The molecule has 4 rings (SSSR count). The molecule has 0 atom stereocenters. The Balaban J connectivity index is 1.79. The lowest BCUT2D eigenvalue weighted by atomic mass is 9.93. The molecule has 3 aromatic rings. The molecule has 0 aliphatic heterocycles. The average Bonchev–Trinajstić information content (AvgIpc) is 3.06. The number of aromatic nitrogens is 1. The summed E-state index contributed by atoms with van der Waals surface area (Å²) in [4.78, 5) is 15.9. The van der Waals surface area contributed by atoms with E-state index in [9.17, 15) is 4.79 Å². The summed E-state index contributed by atoms with van der Waals surface area (Å²) in [5, 5.41) is 5.18. The van der Waals surface area contributed by atoms with E-state index in [4.69, 9.17) is 4.84 Å². The minimum absolute atomic E-state index is 0.416. The Morgan fingerprint density at radius 1 is 1.17 bits per heavy atom. The molecule has 0 spiro atoms. The molecule has 0 saturated carbocycles. The third-order valence-electron chi connectivity index (χ3n) is 5.62. The van der Waals surface area contributed by atoms with Gasteiger partial charge >= 0.3 is 5.97 Å². The monoisotopic (exact) mass is 398 g/mol. The number of nitrogens with zero attached hydrogens (tertiary/aromatic N) is 2. The quantitative estimate of drug-likeness (QED) is 0.311. The number of rotatable bonds is 4. The van der Waals surface area contributed by atoms with Crippen LogP contribution in [0.5, 0.6) is 0 Å². The fourth-order valence-corrected chi connectivity index (χ4v) is 4.07. The lowest BCUT2D eigenvalue weighted by Gasteiger charge is -2.13.